The third-order valence-corrected chi connectivity index (χ3v) is 5.86. The van der Waals surface area contributed by atoms with E-state index in [0.29, 0.717) is 0 Å². The predicted octanol–water partition coefficient (Wildman–Crippen LogP) is 6.48. The molecule has 1 aliphatic rings. The van der Waals surface area contributed by atoms with Gasteiger partial charge in [0.15, 0.2) is 5.79 Å². The lowest BCUT2D eigenvalue weighted by Gasteiger charge is -2.28. The van der Waals surface area contributed by atoms with Gasteiger partial charge in [-0.15, -0.1) is 0 Å². The van der Waals surface area contributed by atoms with E-state index in [1.807, 2.05) is 34.6 Å². The normalized spacial score (nSPS) is 21.5. The van der Waals surface area contributed by atoms with Crippen LogP contribution in [0.3, 0.4) is 0 Å². The molecule has 0 aliphatic carbocycles. The molecule has 1 amide bonds. The van der Waals surface area contributed by atoms with Crippen LogP contribution in [0, 0.1) is 0 Å². The third-order valence-electron chi connectivity index (χ3n) is 5.86. The van der Waals surface area contributed by atoms with Crippen molar-refractivity contribution in [1.29, 1.82) is 0 Å². The van der Waals surface area contributed by atoms with Gasteiger partial charge >= 0.3 is 6.09 Å². The number of hydrogen-bond donors (Lipinski definition) is 2. The Kier molecular flexibility index (Phi) is 13.8. The summed E-state index contributed by atoms with van der Waals surface area (Å²) < 4.78 is 17.5. The predicted molar refractivity (Wildman–Crippen MR) is 130 cm³/mol. The van der Waals surface area contributed by atoms with Crippen molar-refractivity contribution in [2.75, 3.05) is 6.61 Å². The first-order valence-corrected chi connectivity index (χ1v) is 13.0. The number of hydrogen-bond acceptors (Lipinski definition) is 5. The van der Waals surface area contributed by atoms with Crippen LogP contribution in [-0.4, -0.2) is 47.4 Å². The summed E-state index contributed by atoms with van der Waals surface area (Å²) in [4.78, 5) is 12.2. The molecular weight excluding hydrogens is 406 g/mol. The van der Waals surface area contributed by atoms with Crippen LogP contribution < -0.4 is 5.32 Å². The van der Waals surface area contributed by atoms with Crippen molar-refractivity contribution in [3.63, 3.8) is 0 Å². The SMILES string of the molecule is CCCCCCCCCCCCCC[C@@H]1OC(C)(C)O[C@H]1[C@@H](CO)NC(=O)OC(C)(C)C. The highest BCUT2D eigenvalue weighted by atomic mass is 16.8. The Labute approximate surface area is 197 Å². The maximum absolute atomic E-state index is 12.2. The number of aliphatic hydroxyl groups excluding tert-OH is 1. The first-order valence-electron chi connectivity index (χ1n) is 13.0. The minimum atomic E-state index is -0.727. The van der Waals surface area contributed by atoms with E-state index in [2.05, 4.69) is 12.2 Å². The molecule has 0 radical (unpaired) electrons. The van der Waals surface area contributed by atoms with Crippen LogP contribution in [0.2, 0.25) is 0 Å². The van der Waals surface area contributed by atoms with Crippen LogP contribution in [-0.2, 0) is 14.2 Å². The third kappa shape index (κ3) is 13.0. The van der Waals surface area contributed by atoms with Crippen LogP contribution in [0.15, 0.2) is 0 Å². The zero-order valence-corrected chi connectivity index (χ0v) is 21.7. The maximum atomic E-state index is 12.2. The van der Waals surface area contributed by atoms with Gasteiger partial charge in [0.05, 0.1) is 18.8 Å². The summed E-state index contributed by atoms with van der Waals surface area (Å²) in [6.45, 7) is 11.2. The number of nitrogens with one attached hydrogen (secondary N) is 1. The summed E-state index contributed by atoms with van der Waals surface area (Å²) in [6.07, 6.45) is 15.5. The lowest BCUT2D eigenvalue weighted by molar-refractivity contribution is -0.149. The highest BCUT2D eigenvalue weighted by Crippen LogP contribution is 2.33. The Morgan fingerprint density at radius 3 is 1.91 bits per heavy atom. The minimum absolute atomic E-state index is 0.153. The van der Waals surface area contributed by atoms with Gasteiger partial charge in [0.2, 0.25) is 0 Å². The molecule has 2 N–H and O–H groups in total. The lowest BCUT2D eigenvalue weighted by Crippen LogP contribution is -2.51. The molecule has 0 aromatic carbocycles. The van der Waals surface area contributed by atoms with Crippen LogP contribution >= 0.6 is 0 Å². The van der Waals surface area contributed by atoms with Crippen LogP contribution in [0.1, 0.15) is 125 Å². The van der Waals surface area contributed by atoms with Gasteiger partial charge < -0.3 is 24.6 Å². The summed E-state index contributed by atoms with van der Waals surface area (Å²) in [5.41, 5.74) is -0.592. The number of alkyl carbamates (subject to hydrolysis) is 1. The summed E-state index contributed by atoms with van der Waals surface area (Å²) in [7, 11) is 0. The van der Waals surface area contributed by atoms with Crippen molar-refractivity contribution in [2.45, 2.75) is 155 Å². The number of unbranched alkanes of at least 4 members (excludes halogenated alkanes) is 11. The van der Waals surface area contributed by atoms with E-state index in [4.69, 9.17) is 14.2 Å². The van der Waals surface area contributed by atoms with Crippen molar-refractivity contribution < 1.29 is 24.1 Å². The molecule has 0 unspecified atom stereocenters. The van der Waals surface area contributed by atoms with Gasteiger partial charge in [0, 0.05) is 0 Å². The van der Waals surface area contributed by atoms with E-state index >= 15 is 0 Å². The molecule has 32 heavy (non-hydrogen) atoms. The van der Waals surface area contributed by atoms with Crippen molar-refractivity contribution in [1.82, 2.24) is 5.32 Å². The van der Waals surface area contributed by atoms with E-state index in [1.54, 1.807) is 0 Å². The van der Waals surface area contributed by atoms with E-state index in [0.717, 1.165) is 12.8 Å². The molecule has 1 rings (SSSR count). The molecule has 0 aromatic heterocycles. The van der Waals surface area contributed by atoms with E-state index in [9.17, 15) is 9.90 Å². The molecule has 6 nitrogen and oxygen atoms in total. The Hall–Kier alpha value is -0.850. The van der Waals surface area contributed by atoms with Crippen molar-refractivity contribution in [3.8, 4) is 0 Å². The van der Waals surface area contributed by atoms with Gasteiger partial charge in [-0.25, -0.2) is 4.79 Å². The summed E-state index contributed by atoms with van der Waals surface area (Å²) in [6, 6.07) is -0.561. The highest BCUT2D eigenvalue weighted by molar-refractivity contribution is 5.68. The molecule has 6 heteroatoms. The van der Waals surface area contributed by atoms with Gasteiger partial charge in [-0.3, -0.25) is 0 Å². The monoisotopic (exact) mass is 457 g/mol. The number of carbonyl (C=O) groups is 1. The molecule has 1 aliphatic heterocycles. The van der Waals surface area contributed by atoms with Gasteiger partial charge in [-0.2, -0.15) is 0 Å². The Balaban J connectivity index is 2.30. The van der Waals surface area contributed by atoms with Crippen molar-refractivity contribution >= 4 is 6.09 Å². The van der Waals surface area contributed by atoms with Crippen LogP contribution in [0.25, 0.3) is 0 Å². The molecular formula is C26H51NO5. The second kappa shape index (κ2) is 15.1. The smallest absolute Gasteiger partial charge is 0.408 e. The molecule has 3 atom stereocenters. The Bertz CT molecular complexity index is 503. The van der Waals surface area contributed by atoms with Crippen molar-refractivity contribution in [2.24, 2.45) is 0 Å². The van der Waals surface area contributed by atoms with E-state index < -0.39 is 29.6 Å². The quantitative estimate of drug-likeness (QED) is 0.259. The zero-order chi connectivity index (χ0) is 24.0. The van der Waals surface area contributed by atoms with E-state index in [1.165, 1.54) is 70.6 Å². The second-order valence-corrected chi connectivity index (χ2v) is 10.8. The van der Waals surface area contributed by atoms with Crippen LogP contribution in [0.4, 0.5) is 4.79 Å². The van der Waals surface area contributed by atoms with Crippen LogP contribution in [0.5, 0.6) is 0 Å². The molecule has 0 bridgehead atoms. The second-order valence-electron chi connectivity index (χ2n) is 10.8. The Morgan fingerprint density at radius 2 is 1.44 bits per heavy atom. The molecule has 0 aromatic rings. The maximum Gasteiger partial charge on any atom is 0.408 e. The first kappa shape index (κ1) is 29.2. The molecule has 0 spiro atoms. The first-order chi connectivity index (χ1) is 15.1. The van der Waals surface area contributed by atoms with E-state index in [-0.39, 0.29) is 12.7 Å². The number of amides is 1. The summed E-state index contributed by atoms with van der Waals surface area (Å²) >= 11 is 0. The summed E-state index contributed by atoms with van der Waals surface area (Å²) in [5, 5.41) is 12.7. The molecule has 190 valence electrons. The standard InChI is InChI=1S/C26H51NO5/c1-7-8-9-10-11-12-13-14-15-16-17-18-19-22-23(31-26(5,6)30-22)21(20-28)27-24(29)32-25(2,3)4/h21-23,28H,7-20H2,1-6H3,(H,27,29)/t21-,22+,23+/m1/s1. The summed E-state index contributed by atoms with van der Waals surface area (Å²) in [5.74, 6) is -0.727. The molecule has 1 saturated heterocycles. The number of rotatable bonds is 16. The largest absolute Gasteiger partial charge is 0.444 e. The van der Waals surface area contributed by atoms with Gasteiger partial charge in [-0.1, -0.05) is 84.0 Å². The van der Waals surface area contributed by atoms with Crippen molar-refractivity contribution in [3.05, 3.63) is 0 Å². The fourth-order valence-corrected chi connectivity index (χ4v) is 4.30. The van der Waals surface area contributed by atoms with Gasteiger partial charge in [0.25, 0.3) is 0 Å². The number of carbonyl (C=O) groups excluding carboxylic acids is 1. The van der Waals surface area contributed by atoms with Gasteiger partial charge in [0.1, 0.15) is 11.7 Å². The Morgan fingerprint density at radius 1 is 0.938 bits per heavy atom. The number of ether oxygens (including phenoxy) is 3. The minimum Gasteiger partial charge on any atom is -0.444 e. The fraction of sp³-hybridized carbons (Fsp3) is 0.962. The van der Waals surface area contributed by atoms with Gasteiger partial charge in [-0.05, 0) is 41.0 Å². The fourth-order valence-electron chi connectivity index (χ4n) is 4.30. The lowest BCUT2D eigenvalue weighted by atomic mass is 9.99. The topological polar surface area (TPSA) is 77.0 Å². The molecule has 1 fully saturated rings. The molecule has 0 saturated carbocycles. The average molecular weight is 458 g/mol. The zero-order valence-electron chi connectivity index (χ0n) is 21.7. The highest BCUT2D eigenvalue weighted by Gasteiger charge is 2.45. The number of aliphatic hydroxyl groups is 1. The molecule has 1 heterocycles. The average Bonchev–Trinajstić information content (AvgIpc) is 3.00.